The number of aliphatic carboxylic acids is 1. The SMILES string of the molecule is CCCC[C@H]1C(=O)N(C)CC(=O)N[C@@H](CC(=O)O)CN[C@@H](C(C)C)C(=O)N(C)[C@@H](Cc2ccccc2)C(=O)N[C@@H](Cc2ccc(O)cc2)C(=O)N(C)CC(=O)N[C@@H](Cc2c[nH]c3ccccc23)C(=O)N[C@@H](Cc2ccc(O)cc2)C(=O)N[C@@H](CN)C(=O)N[C@H](C(=O)NCC(N)=O)CSCC(=O)N[C@@H](Cc2ccccc2)C(=O)N(C)[C@@H](Cc2ccccc2)C(=O)N1C. The van der Waals surface area contributed by atoms with Crippen molar-refractivity contribution in [3.05, 3.63) is 203 Å². The van der Waals surface area contributed by atoms with Gasteiger partial charge in [0.05, 0.1) is 43.9 Å². The third kappa shape index (κ3) is 29.5. The number of phenols is 2. The van der Waals surface area contributed by atoms with Gasteiger partial charge in [-0.05, 0) is 76.1 Å². The summed E-state index contributed by atoms with van der Waals surface area (Å²) in [5.74, 6) is -15.1. The molecule has 0 aliphatic carbocycles. The van der Waals surface area contributed by atoms with E-state index < -0.39 is 205 Å². The van der Waals surface area contributed by atoms with Gasteiger partial charge in [0.15, 0.2) is 0 Å². The summed E-state index contributed by atoms with van der Waals surface area (Å²) in [6.45, 7) is 2.17. The van der Waals surface area contributed by atoms with Crippen LogP contribution in [0.15, 0.2) is 170 Å². The van der Waals surface area contributed by atoms with Crippen LogP contribution in [-0.2, 0) is 110 Å². The number of hydrogen-bond acceptors (Lipinski definition) is 20. The number of carboxylic acid groups (broad SMARTS) is 1. The molecule has 0 unspecified atom stereocenters. The normalized spacial score (nSPS) is 22.1. The number of para-hydroxylation sites is 1. The molecule has 674 valence electrons. The van der Waals surface area contributed by atoms with Crippen molar-refractivity contribution in [2.75, 3.05) is 79.5 Å². The number of carboxylic acids is 1. The predicted molar refractivity (Wildman–Crippen MR) is 472 cm³/mol. The number of aromatic nitrogens is 1. The first-order valence-corrected chi connectivity index (χ1v) is 42.7. The van der Waals surface area contributed by atoms with Crippen molar-refractivity contribution in [2.45, 2.75) is 151 Å². The van der Waals surface area contributed by atoms with Crippen molar-refractivity contribution in [3.8, 4) is 11.5 Å². The molecule has 1 aromatic heterocycles. The highest BCUT2D eigenvalue weighted by Gasteiger charge is 2.41. The highest BCUT2D eigenvalue weighted by molar-refractivity contribution is 8.00. The monoisotopic (exact) mass is 1750 g/mol. The molecule has 2 heterocycles. The number of aromatic amines is 1. The minimum absolute atomic E-state index is 0.0821. The highest BCUT2D eigenvalue weighted by Crippen LogP contribution is 2.24. The number of thioether (sulfide) groups is 1. The van der Waals surface area contributed by atoms with Gasteiger partial charge in [-0.1, -0.05) is 167 Å². The summed E-state index contributed by atoms with van der Waals surface area (Å²) in [6.07, 6.45) is 0.809. The summed E-state index contributed by atoms with van der Waals surface area (Å²) in [7, 11) is 6.78. The van der Waals surface area contributed by atoms with Crippen LogP contribution in [0.3, 0.4) is 0 Å². The first kappa shape index (κ1) is 98.2. The lowest BCUT2D eigenvalue weighted by Gasteiger charge is -2.37. The Morgan fingerprint density at radius 3 is 1.50 bits per heavy atom. The maximum absolute atomic E-state index is 15.5. The van der Waals surface area contributed by atoms with Crippen molar-refractivity contribution in [1.82, 2.24) is 77.3 Å². The number of phenolic OH excluding ortho intramolecular Hbond substituents is 2. The van der Waals surface area contributed by atoms with Gasteiger partial charge in [-0.2, -0.15) is 0 Å². The molecule has 1 aliphatic heterocycles. The highest BCUT2D eigenvalue weighted by atomic mass is 32.2. The molecule has 1 saturated heterocycles. The second-order valence-corrected chi connectivity index (χ2v) is 32.7. The summed E-state index contributed by atoms with van der Waals surface area (Å²) < 4.78 is 0. The van der Waals surface area contributed by atoms with E-state index in [-0.39, 0.29) is 63.0 Å². The van der Waals surface area contributed by atoms with E-state index in [1.807, 2.05) is 6.92 Å². The average Bonchev–Trinajstić information content (AvgIpc) is 1.05. The van der Waals surface area contributed by atoms with Crippen LogP contribution in [-0.4, -0.2) is 279 Å². The van der Waals surface area contributed by atoms with Gasteiger partial charge in [0, 0.05) is 110 Å². The van der Waals surface area contributed by atoms with Gasteiger partial charge in [0.1, 0.15) is 65.9 Å². The number of unbranched alkanes of at least 4 members (excludes halogenated alkanes) is 1. The zero-order chi connectivity index (χ0) is 91.8. The second-order valence-electron chi connectivity index (χ2n) is 31.7. The van der Waals surface area contributed by atoms with Crippen LogP contribution in [0.5, 0.6) is 11.5 Å². The number of benzene rings is 6. The second kappa shape index (κ2) is 48.2. The van der Waals surface area contributed by atoms with Crippen LogP contribution in [0.25, 0.3) is 10.9 Å². The lowest BCUT2D eigenvalue weighted by Crippen LogP contribution is -2.61. The lowest BCUT2D eigenvalue weighted by atomic mass is 9.98. The number of hydrogen-bond donors (Lipinski definition) is 15. The maximum atomic E-state index is 15.5. The summed E-state index contributed by atoms with van der Waals surface area (Å²) in [5.41, 5.74) is 15.4. The number of aromatic hydroxyl groups is 2. The van der Waals surface area contributed by atoms with Crippen LogP contribution in [0, 0.1) is 5.92 Å². The van der Waals surface area contributed by atoms with Crippen molar-refractivity contribution in [1.29, 1.82) is 0 Å². The predicted octanol–water partition coefficient (Wildman–Crippen LogP) is 0.713. The smallest absolute Gasteiger partial charge is 0.305 e. The molecule has 0 radical (unpaired) electrons. The largest absolute Gasteiger partial charge is 0.508 e. The van der Waals surface area contributed by atoms with E-state index in [0.29, 0.717) is 57.1 Å². The minimum atomic E-state index is -1.69. The van der Waals surface area contributed by atoms with E-state index in [0.717, 1.165) is 21.6 Å². The Hall–Kier alpha value is -13.2. The summed E-state index contributed by atoms with van der Waals surface area (Å²) in [5, 5.41) is 56.0. The number of H-pyrrole nitrogens is 1. The van der Waals surface area contributed by atoms with Crippen LogP contribution >= 0.6 is 11.8 Å². The van der Waals surface area contributed by atoms with Gasteiger partial charge < -0.3 is 104 Å². The molecule has 8 rings (SSSR count). The number of fused-ring (bicyclic) bond motifs is 1. The van der Waals surface area contributed by atoms with Gasteiger partial charge in [-0.25, -0.2) is 0 Å². The quantitative estimate of drug-likeness (QED) is 0.0444. The number of primary amides is 1. The first-order valence-electron chi connectivity index (χ1n) is 41.5. The van der Waals surface area contributed by atoms with E-state index >= 15 is 28.8 Å². The molecular weight excluding hydrogens is 1640 g/mol. The van der Waals surface area contributed by atoms with Gasteiger partial charge >= 0.3 is 5.97 Å². The summed E-state index contributed by atoms with van der Waals surface area (Å²) in [6, 6.07) is 28.6. The molecule has 1 aliphatic rings. The number of carbonyl (C=O) groups excluding carboxylic acids is 14. The molecule has 0 saturated carbocycles. The number of amides is 14. The summed E-state index contributed by atoms with van der Waals surface area (Å²) >= 11 is 0.806. The third-order valence-corrected chi connectivity index (χ3v) is 22.7. The topological polar surface area (TPSA) is 509 Å². The Bertz CT molecular complexity index is 4910. The number of rotatable bonds is 22. The van der Waals surface area contributed by atoms with Crippen LogP contribution in [0.4, 0.5) is 0 Å². The summed E-state index contributed by atoms with van der Waals surface area (Å²) in [4.78, 5) is 228. The van der Waals surface area contributed by atoms with Crippen molar-refractivity contribution >= 4 is 111 Å². The van der Waals surface area contributed by atoms with Crippen LogP contribution < -0.4 is 59.3 Å². The lowest BCUT2D eigenvalue weighted by molar-refractivity contribution is -0.151. The zero-order valence-electron chi connectivity index (χ0n) is 71.9. The van der Waals surface area contributed by atoms with Gasteiger partial charge in [0.25, 0.3) is 0 Å². The number of carbonyl (C=O) groups is 15. The molecule has 0 spiro atoms. The van der Waals surface area contributed by atoms with Crippen LogP contribution in [0.1, 0.15) is 79.8 Å². The van der Waals surface area contributed by atoms with E-state index in [4.69, 9.17) is 11.5 Å². The fourth-order valence-electron chi connectivity index (χ4n) is 14.6. The van der Waals surface area contributed by atoms with Gasteiger partial charge in [0.2, 0.25) is 82.7 Å². The number of nitrogens with zero attached hydrogens (tertiary/aromatic N) is 5. The van der Waals surface area contributed by atoms with Crippen molar-refractivity contribution in [3.63, 3.8) is 0 Å². The van der Waals surface area contributed by atoms with Crippen molar-refractivity contribution in [2.24, 2.45) is 17.4 Å². The molecule has 6 aromatic carbocycles. The van der Waals surface area contributed by atoms with E-state index in [1.54, 1.807) is 135 Å². The molecule has 0 bridgehead atoms. The minimum Gasteiger partial charge on any atom is -0.508 e. The number of likely N-dealkylation sites (N-methyl/N-ethyl adjacent to an activating group) is 5. The van der Waals surface area contributed by atoms with Gasteiger partial charge in [-0.15, -0.1) is 11.8 Å². The molecule has 11 atom stereocenters. The van der Waals surface area contributed by atoms with Crippen LogP contribution in [0.2, 0.25) is 0 Å². The average molecular weight is 1760 g/mol. The van der Waals surface area contributed by atoms with E-state index in [9.17, 15) is 58.5 Å². The maximum Gasteiger partial charge on any atom is 0.305 e. The zero-order valence-corrected chi connectivity index (χ0v) is 72.7. The third-order valence-electron chi connectivity index (χ3n) is 21.6. The van der Waals surface area contributed by atoms with E-state index in [1.165, 1.54) is 98.5 Å². The number of nitrogens with two attached hydrogens (primary N) is 2. The molecule has 17 N–H and O–H groups in total. The Balaban J connectivity index is 1.19. The molecular formula is C90H115N17O18S. The Kier molecular flexibility index (Phi) is 37.5. The molecule has 126 heavy (non-hydrogen) atoms. The fourth-order valence-corrected chi connectivity index (χ4v) is 15.5. The van der Waals surface area contributed by atoms with E-state index in [2.05, 4.69) is 52.8 Å². The molecule has 1 fully saturated rings. The molecule has 35 nitrogen and oxygen atoms in total. The molecule has 7 aromatic rings. The Labute approximate surface area is 735 Å². The fraction of sp³-hybridized carbons (Fsp3) is 0.411. The molecule has 14 amide bonds. The number of nitrogens with one attached hydrogen (secondary N) is 10. The van der Waals surface area contributed by atoms with Gasteiger partial charge in [-0.3, -0.25) is 71.9 Å². The standard InChI is InChI=1S/C90H115N17O18S/c1-9-10-30-72-88(123)104(5)50-76(111)96-61(45-79(114)115)48-94-80(54(2)3)90(125)106(7)73(42-56-24-16-12-17-25-56)85(120)100-68(41-59-33-37-63(109)38-34-59)86(121)103(4)51-77(112)97-67(44-60-47-93-65-29-21-20-28-64(60)65)83(118)99-66(39-58-31-35-62(108)36-32-58)82(117)101-70(46-91)84(119)102-71(81(116)95-49-75(92)110)52-126-53-78(113)98-69(40-55-22-14-11-15-23-55)87(122)107(8)74(89(124)105(72)6)43-57-26-18-13-19-27-57/h11-29,31-38,47,54,61,66-74,80,93-94,108-109H,9-10,30,39-46,48-53,91H2,1-8H3,(H2,92,110)(H,95,116)(H,96,111)(H,97,112)(H,98,113)(H,99,118)(H,100,120)(H,101,117)(H,102,119)(H,114,115)/t61-,66-,67-,68-,69-,70-,71-,72-,73-,74-,80-/m0/s1. The van der Waals surface area contributed by atoms with Crippen molar-refractivity contribution < 1.29 is 87.2 Å². The molecule has 36 heteroatoms. The first-order chi connectivity index (χ1) is 60.1. The Morgan fingerprint density at radius 2 is 0.952 bits per heavy atom. The Morgan fingerprint density at radius 1 is 0.492 bits per heavy atom.